The number of hydrogen-bond donors (Lipinski definition) is 0. The van der Waals surface area contributed by atoms with Crippen molar-refractivity contribution in [2.45, 2.75) is 13.5 Å². The lowest BCUT2D eigenvalue weighted by Gasteiger charge is -2.00. The molecule has 0 heterocycles. The van der Waals surface area contributed by atoms with E-state index >= 15 is 0 Å². The quantitative estimate of drug-likeness (QED) is 0.509. The number of benzene rings is 1. The maximum Gasteiger partial charge on any atom is 0.235 e. The lowest BCUT2D eigenvalue weighted by Crippen LogP contribution is -1.84. The summed E-state index contributed by atoms with van der Waals surface area (Å²) < 4.78 is 0. The highest BCUT2D eigenvalue weighted by Gasteiger charge is 1.98. The number of aliphatic imine (C=N–C) groups is 1. The second kappa shape index (κ2) is 4.05. The van der Waals surface area contributed by atoms with Gasteiger partial charge in [0, 0.05) is 5.02 Å². The second-order valence-electron chi connectivity index (χ2n) is 2.50. The second-order valence-corrected chi connectivity index (χ2v) is 2.91. The Bertz CT molecular complexity index is 329. The van der Waals surface area contributed by atoms with Crippen LogP contribution < -0.4 is 0 Å². The normalized spacial score (nSPS) is 9.17. The number of halogens is 1. The van der Waals surface area contributed by atoms with E-state index in [1.54, 1.807) is 6.07 Å². The van der Waals surface area contributed by atoms with Crippen LogP contribution in [0.4, 0.5) is 0 Å². The molecule has 1 aromatic carbocycles. The summed E-state index contributed by atoms with van der Waals surface area (Å²) in [5.41, 5.74) is 1.97. The Hall–Kier alpha value is -1.11. The van der Waals surface area contributed by atoms with Gasteiger partial charge in [-0.1, -0.05) is 29.3 Å². The van der Waals surface area contributed by atoms with E-state index in [4.69, 9.17) is 11.6 Å². The molecule has 1 rings (SSSR count). The molecule has 0 unspecified atom stereocenters. The van der Waals surface area contributed by atoms with E-state index in [9.17, 15) is 4.79 Å². The van der Waals surface area contributed by atoms with Crippen LogP contribution in [0.25, 0.3) is 0 Å². The monoisotopic (exact) mass is 181 g/mol. The zero-order chi connectivity index (χ0) is 8.97. The minimum Gasteiger partial charge on any atom is -0.211 e. The van der Waals surface area contributed by atoms with Gasteiger partial charge in [0.2, 0.25) is 6.08 Å². The third-order valence-electron chi connectivity index (χ3n) is 1.52. The lowest BCUT2D eigenvalue weighted by molar-refractivity contribution is 0.563. The fourth-order valence-electron chi connectivity index (χ4n) is 0.942. The van der Waals surface area contributed by atoms with Crippen LogP contribution in [0.15, 0.2) is 23.2 Å². The van der Waals surface area contributed by atoms with E-state index in [1.165, 1.54) is 6.08 Å². The van der Waals surface area contributed by atoms with Gasteiger partial charge in [-0.2, -0.15) is 0 Å². The highest BCUT2D eigenvalue weighted by molar-refractivity contribution is 6.31. The van der Waals surface area contributed by atoms with Gasteiger partial charge in [-0.25, -0.2) is 9.79 Å². The van der Waals surface area contributed by atoms with Gasteiger partial charge >= 0.3 is 0 Å². The van der Waals surface area contributed by atoms with Crippen molar-refractivity contribution in [2.24, 2.45) is 4.99 Å². The molecule has 12 heavy (non-hydrogen) atoms. The molecular weight excluding hydrogens is 174 g/mol. The number of carbonyl (C=O) groups excluding carboxylic acids is 1. The largest absolute Gasteiger partial charge is 0.235 e. The topological polar surface area (TPSA) is 29.4 Å². The van der Waals surface area contributed by atoms with E-state index in [0.717, 1.165) is 11.1 Å². The molecule has 0 radical (unpaired) electrons. The molecular formula is C9H8ClNO. The first-order chi connectivity index (χ1) is 5.74. The summed E-state index contributed by atoms with van der Waals surface area (Å²) in [5.74, 6) is 0. The van der Waals surface area contributed by atoms with Crippen molar-refractivity contribution in [1.82, 2.24) is 0 Å². The van der Waals surface area contributed by atoms with Crippen LogP contribution in [0.2, 0.25) is 5.02 Å². The first kappa shape index (κ1) is 8.98. The van der Waals surface area contributed by atoms with E-state index in [0.29, 0.717) is 11.6 Å². The summed E-state index contributed by atoms with van der Waals surface area (Å²) >= 11 is 5.84. The first-order valence-electron chi connectivity index (χ1n) is 3.52. The van der Waals surface area contributed by atoms with Crippen molar-refractivity contribution in [3.8, 4) is 0 Å². The summed E-state index contributed by atoms with van der Waals surface area (Å²) in [5, 5.41) is 0.639. The standard InChI is InChI=1S/C9H8ClNO/c1-7-2-3-9(10)8(4-7)5-11-6-12/h2-4H,5H2,1H3. The van der Waals surface area contributed by atoms with Gasteiger partial charge in [0.15, 0.2) is 0 Å². The van der Waals surface area contributed by atoms with Crippen molar-refractivity contribution in [3.63, 3.8) is 0 Å². The third-order valence-corrected chi connectivity index (χ3v) is 1.88. The predicted molar refractivity (Wildman–Crippen MR) is 48.0 cm³/mol. The SMILES string of the molecule is Cc1ccc(Cl)c(CN=C=O)c1. The zero-order valence-electron chi connectivity index (χ0n) is 6.67. The number of aryl methyl sites for hydroxylation is 1. The molecule has 0 saturated carbocycles. The molecule has 0 amide bonds. The average molecular weight is 182 g/mol. The van der Waals surface area contributed by atoms with Crippen molar-refractivity contribution in [1.29, 1.82) is 0 Å². The number of isocyanates is 1. The van der Waals surface area contributed by atoms with Crippen molar-refractivity contribution in [3.05, 3.63) is 34.3 Å². The molecule has 0 N–H and O–H groups in total. The molecule has 0 bridgehead atoms. The fourth-order valence-corrected chi connectivity index (χ4v) is 1.12. The summed E-state index contributed by atoms with van der Waals surface area (Å²) in [6.45, 7) is 2.27. The fraction of sp³-hybridized carbons (Fsp3) is 0.222. The highest BCUT2D eigenvalue weighted by Crippen LogP contribution is 2.17. The van der Waals surface area contributed by atoms with Gasteiger partial charge in [0.25, 0.3) is 0 Å². The number of hydrogen-bond acceptors (Lipinski definition) is 2. The van der Waals surface area contributed by atoms with Gasteiger partial charge in [0.05, 0.1) is 6.54 Å². The van der Waals surface area contributed by atoms with Gasteiger partial charge in [0.1, 0.15) is 0 Å². The van der Waals surface area contributed by atoms with Crippen LogP contribution >= 0.6 is 11.6 Å². The van der Waals surface area contributed by atoms with Gasteiger partial charge in [-0.3, -0.25) is 0 Å². The summed E-state index contributed by atoms with van der Waals surface area (Å²) in [7, 11) is 0. The predicted octanol–water partition coefficient (Wildman–Crippen LogP) is 2.48. The van der Waals surface area contributed by atoms with Crippen molar-refractivity contribution >= 4 is 17.7 Å². The van der Waals surface area contributed by atoms with Crippen LogP contribution in [0.1, 0.15) is 11.1 Å². The van der Waals surface area contributed by atoms with Crippen LogP contribution in [0, 0.1) is 6.92 Å². The molecule has 3 heteroatoms. The smallest absolute Gasteiger partial charge is 0.211 e. The summed E-state index contributed by atoms with van der Waals surface area (Å²) in [4.78, 5) is 13.3. The van der Waals surface area contributed by atoms with E-state index in [1.807, 2.05) is 19.1 Å². The van der Waals surface area contributed by atoms with Gasteiger partial charge in [-0.15, -0.1) is 0 Å². The minimum absolute atomic E-state index is 0.310. The van der Waals surface area contributed by atoms with Crippen LogP contribution in [-0.4, -0.2) is 6.08 Å². The van der Waals surface area contributed by atoms with Crippen LogP contribution in [0.5, 0.6) is 0 Å². The lowest BCUT2D eigenvalue weighted by atomic mass is 10.1. The molecule has 0 spiro atoms. The minimum atomic E-state index is 0.310. The average Bonchev–Trinajstić information content (AvgIpc) is 2.07. The Morgan fingerprint density at radius 2 is 2.33 bits per heavy atom. The number of nitrogens with zero attached hydrogens (tertiary/aromatic N) is 1. The first-order valence-corrected chi connectivity index (χ1v) is 3.90. The van der Waals surface area contributed by atoms with Crippen molar-refractivity contribution < 1.29 is 4.79 Å². The molecule has 0 fully saturated rings. The molecule has 1 aromatic rings. The van der Waals surface area contributed by atoms with Crippen molar-refractivity contribution in [2.75, 3.05) is 0 Å². The Labute approximate surface area is 75.9 Å². The van der Waals surface area contributed by atoms with Gasteiger partial charge in [-0.05, 0) is 18.6 Å². The van der Waals surface area contributed by atoms with E-state index < -0.39 is 0 Å². The maximum atomic E-state index is 9.84. The molecule has 0 saturated heterocycles. The Kier molecular flexibility index (Phi) is 3.03. The highest BCUT2D eigenvalue weighted by atomic mass is 35.5. The van der Waals surface area contributed by atoms with E-state index in [2.05, 4.69) is 4.99 Å². The van der Waals surface area contributed by atoms with Gasteiger partial charge < -0.3 is 0 Å². The molecule has 0 aliphatic heterocycles. The zero-order valence-corrected chi connectivity index (χ0v) is 7.43. The molecule has 62 valence electrons. The Morgan fingerprint density at radius 1 is 1.58 bits per heavy atom. The summed E-state index contributed by atoms with van der Waals surface area (Å²) in [6, 6.07) is 5.62. The van der Waals surface area contributed by atoms with Crippen LogP contribution in [0.3, 0.4) is 0 Å². The summed E-state index contributed by atoms with van der Waals surface area (Å²) in [6.07, 6.45) is 1.48. The molecule has 0 atom stereocenters. The number of rotatable bonds is 2. The van der Waals surface area contributed by atoms with E-state index in [-0.39, 0.29) is 0 Å². The Balaban J connectivity index is 2.96. The Morgan fingerprint density at radius 3 is 3.00 bits per heavy atom. The molecule has 2 nitrogen and oxygen atoms in total. The third kappa shape index (κ3) is 2.19. The van der Waals surface area contributed by atoms with Crippen LogP contribution in [-0.2, 0) is 11.3 Å². The molecule has 0 aliphatic carbocycles. The molecule has 0 aliphatic rings. The molecule has 0 aromatic heterocycles. The maximum absolute atomic E-state index is 9.84.